The maximum Gasteiger partial charge on any atom is 0.410 e. The van der Waals surface area contributed by atoms with Gasteiger partial charge in [-0.25, -0.2) is 13.2 Å². The number of hydrogen-bond donors (Lipinski definition) is 0. The maximum absolute atomic E-state index is 12.2. The SMILES string of the molecule is CC(C)(C)OC(=O)N1CCC(COc2nc(-n3ccc4cc(S(C)(=O)=O)ccc43)cs2)CC1. The van der Waals surface area contributed by atoms with Crippen LogP contribution >= 0.6 is 11.3 Å². The molecule has 10 heteroatoms. The summed E-state index contributed by atoms with van der Waals surface area (Å²) >= 11 is 1.43. The normalized spacial score (nSPS) is 15.7. The van der Waals surface area contributed by atoms with E-state index in [1.54, 1.807) is 23.1 Å². The number of thiazole rings is 1. The van der Waals surface area contributed by atoms with E-state index in [2.05, 4.69) is 4.98 Å². The van der Waals surface area contributed by atoms with E-state index >= 15 is 0 Å². The van der Waals surface area contributed by atoms with Crippen molar-refractivity contribution in [1.82, 2.24) is 14.5 Å². The Morgan fingerprint density at radius 3 is 2.61 bits per heavy atom. The van der Waals surface area contributed by atoms with Crippen LogP contribution in [-0.4, -0.2) is 60.5 Å². The zero-order valence-electron chi connectivity index (χ0n) is 19.3. The van der Waals surface area contributed by atoms with Crippen molar-refractivity contribution in [1.29, 1.82) is 0 Å². The predicted octanol–water partition coefficient (Wildman–Crippen LogP) is 4.52. The number of piperidine rings is 1. The first-order chi connectivity index (χ1) is 15.5. The summed E-state index contributed by atoms with van der Waals surface area (Å²) in [7, 11) is -3.25. The number of hydrogen-bond acceptors (Lipinski definition) is 7. The topological polar surface area (TPSA) is 90.7 Å². The summed E-state index contributed by atoms with van der Waals surface area (Å²) in [6, 6.07) is 6.96. The monoisotopic (exact) mass is 491 g/mol. The fourth-order valence-corrected chi connectivity index (χ4v) is 5.09. The van der Waals surface area contributed by atoms with Gasteiger partial charge in [0, 0.05) is 36.3 Å². The number of ether oxygens (including phenoxy) is 2. The summed E-state index contributed by atoms with van der Waals surface area (Å²) in [6.07, 6.45) is 4.55. The van der Waals surface area contributed by atoms with Crippen LogP contribution < -0.4 is 4.74 Å². The lowest BCUT2D eigenvalue weighted by Crippen LogP contribution is -2.42. The van der Waals surface area contributed by atoms with E-state index in [9.17, 15) is 13.2 Å². The van der Waals surface area contributed by atoms with E-state index in [4.69, 9.17) is 9.47 Å². The molecule has 0 saturated carbocycles. The van der Waals surface area contributed by atoms with E-state index in [1.807, 2.05) is 43.0 Å². The lowest BCUT2D eigenvalue weighted by Gasteiger charge is -2.33. The molecule has 0 radical (unpaired) electrons. The van der Waals surface area contributed by atoms with Gasteiger partial charge in [-0.1, -0.05) is 11.3 Å². The second kappa shape index (κ2) is 8.98. The number of likely N-dealkylation sites (tertiary alicyclic amines) is 1. The molecule has 0 aliphatic carbocycles. The van der Waals surface area contributed by atoms with Crippen molar-refractivity contribution in [3.63, 3.8) is 0 Å². The molecule has 3 aromatic rings. The second-order valence-corrected chi connectivity index (χ2v) is 12.2. The number of amides is 1. The Kier molecular flexibility index (Phi) is 6.41. The van der Waals surface area contributed by atoms with Crippen LogP contribution in [0.5, 0.6) is 5.19 Å². The molecule has 0 N–H and O–H groups in total. The van der Waals surface area contributed by atoms with Crippen molar-refractivity contribution in [2.45, 2.75) is 44.1 Å². The number of sulfone groups is 1. The number of fused-ring (bicyclic) bond motifs is 1. The maximum atomic E-state index is 12.2. The third-order valence-electron chi connectivity index (χ3n) is 5.52. The number of nitrogens with zero attached hydrogens (tertiary/aromatic N) is 3. The van der Waals surface area contributed by atoms with Gasteiger partial charge in [-0.05, 0) is 63.8 Å². The highest BCUT2D eigenvalue weighted by Gasteiger charge is 2.27. The highest BCUT2D eigenvalue weighted by Crippen LogP contribution is 2.28. The molecule has 2 aromatic heterocycles. The van der Waals surface area contributed by atoms with Crippen LogP contribution in [0.25, 0.3) is 16.7 Å². The van der Waals surface area contributed by atoms with Gasteiger partial charge >= 0.3 is 6.09 Å². The van der Waals surface area contributed by atoms with Gasteiger partial charge in [-0.15, -0.1) is 0 Å². The smallest absolute Gasteiger partial charge is 0.410 e. The van der Waals surface area contributed by atoms with Crippen molar-refractivity contribution >= 4 is 38.2 Å². The zero-order chi connectivity index (χ0) is 23.8. The van der Waals surface area contributed by atoms with E-state index in [-0.39, 0.29) is 6.09 Å². The van der Waals surface area contributed by atoms with Gasteiger partial charge in [0.1, 0.15) is 5.60 Å². The van der Waals surface area contributed by atoms with E-state index < -0.39 is 15.4 Å². The molecule has 0 unspecified atom stereocenters. The van der Waals surface area contributed by atoms with Crippen LogP contribution in [0.3, 0.4) is 0 Å². The molecule has 0 atom stereocenters. The van der Waals surface area contributed by atoms with Crippen LogP contribution in [0.2, 0.25) is 0 Å². The number of rotatable bonds is 5. The average Bonchev–Trinajstić information content (AvgIpc) is 3.37. The van der Waals surface area contributed by atoms with Crippen molar-refractivity contribution in [2.75, 3.05) is 26.0 Å². The molecule has 0 spiro atoms. The zero-order valence-corrected chi connectivity index (χ0v) is 20.9. The molecule has 1 amide bonds. The van der Waals surface area contributed by atoms with E-state index in [0.29, 0.717) is 35.7 Å². The van der Waals surface area contributed by atoms with Gasteiger partial charge in [0.15, 0.2) is 15.7 Å². The third kappa shape index (κ3) is 5.67. The van der Waals surface area contributed by atoms with Crippen molar-refractivity contribution in [2.24, 2.45) is 5.92 Å². The summed E-state index contributed by atoms with van der Waals surface area (Å²) in [6.45, 7) is 7.50. The molecular formula is C23H29N3O5S2. The van der Waals surface area contributed by atoms with Gasteiger partial charge in [-0.3, -0.25) is 0 Å². The largest absolute Gasteiger partial charge is 0.470 e. The summed E-state index contributed by atoms with van der Waals surface area (Å²) in [4.78, 5) is 18.9. The Bertz CT molecular complexity index is 1250. The third-order valence-corrected chi connectivity index (χ3v) is 7.37. The fourth-order valence-electron chi connectivity index (χ4n) is 3.78. The molecule has 8 nitrogen and oxygen atoms in total. The van der Waals surface area contributed by atoms with E-state index in [1.165, 1.54) is 17.6 Å². The Labute approximate surface area is 198 Å². The van der Waals surface area contributed by atoms with Gasteiger partial charge in [-0.2, -0.15) is 4.98 Å². The first-order valence-corrected chi connectivity index (χ1v) is 13.6. The van der Waals surface area contributed by atoms with Crippen LogP contribution in [0.15, 0.2) is 40.7 Å². The lowest BCUT2D eigenvalue weighted by atomic mass is 9.98. The van der Waals surface area contributed by atoms with Crippen molar-refractivity contribution in [3.8, 4) is 11.0 Å². The molecule has 1 aliphatic heterocycles. The van der Waals surface area contributed by atoms with Crippen LogP contribution in [0.4, 0.5) is 4.79 Å². The molecule has 0 bridgehead atoms. The molecule has 3 heterocycles. The Morgan fingerprint density at radius 2 is 1.94 bits per heavy atom. The molecule has 178 valence electrons. The summed E-state index contributed by atoms with van der Waals surface area (Å²) in [5, 5.41) is 3.35. The fraction of sp³-hybridized carbons (Fsp3) is 0.478. The second-order valence-electron chi connectivity index (χ2n) is 9.37. The minimum atomic E-state index is -3.25. The standard InChI is InChI=1S/C23H29N3O5S2/c1-23(2,3)31-22(27)25-10-7-16(8-11-25)14-30-21-24-20(15-32-21)26-12-9-17-13-18(33(4,28)29)5-6-19(17)26/h5-6,9,12-13,15-16H,7-8,10-11,14H2,1-4H3. The summed E-state index contributed by atoms with van der Waals surface area (Å²) in [5.74, 6) is 1.09. The molecule has 1 saturated heterocycles. The molecular weight excluding hydrogens is 462 g/mol. The van der Waals surface area contributed by atoms with Crippen LogP contribution in [0, 0.1) is 5.92 Å². The minimum Gasteiger partial charge on any atom is -0.470 e. The van der Waals surface area contributed by atoms with Gasteiger partial charge in [0.25, 0.3) is 5.19 Å². The first-order valence-electron chi connectivity index (χ1n) is 10.9. The summed E-state index contributed by atoms with van der Waals surface area (Å²) in [5.41, 5.74) is 0.398. The summed E-state index contributed by atoms with van der Waals surface area (Å²) < 4.78 is 36.9. The lowest BCUT2D eigenvalue weighted by molar-refractivity contribution is 0.0165. The quantitative estimate of drug-likeness (QED) is 0.521. The van der Waals surface area contributed by atoms with Crippen LogP contribution in [-0.2, 0) is 14.6 Å². The Hall–Kier alpha value is -2.59. The molecule has 1 aliphatic rings. The number of carbonyl (C=O) groups excluding carboxylic acids is 1. The molecule has 1 fully saturated rings. The van der Waals surface area contributed by atoms with Gasteiger partial charge in [0.05, 0.1) is 17.0 Å². The van der Waals surface area contributed by atoms with E-state index in [0.717, 1.165) is 29.6 Å². The van der Waals surface area contributed by atoms with Gasteiger partial charge in [0.2, 0.25) is 0 Å². The molecule has 4 rings (SSSR count). The molecule has 33 heavy (non-hydrogen) atoms. The van der Waals surface area contributed by atoms with Crippen molar-refractivity contribution in [3.05, 3.63) is 35.8 Å². The first kappa shape index (κ1) is 23.6. The number of carbonyl (C=O) groups is 1. The number of aromatic nitrogens is 2. The average molecular weight is 492 g/mol. The predicted molar refractivity (Wildman–Crippen MR) is 128 cm³/mol. The Morgan fingerprint density at radius 1 is 1.21 bits per heavy atom. The highest BCUT2D eigenvalue weighted by atomic mass is 32.2. The van der Waals surface area contributed by atoms with Crippen molar-refractivity contribution < 1.29 is 22.7 Å². The van der Waals surface area contributed by atoms with Gasteiger partial charge < -0.3 is 18.9 Å². The molecule has 1 aromatic carbocycles. The Balaban J connectivity index is 1.34. The minimum absolute atomic E-state index is 0.256. The number of benzene rings is 1. The highest BCUT2D eigenvalue weighted by molar-refractivity contribution is 7.90. The van der Waals surface area contributed by atoms with Crippen LogP contribution in [0.1, 0.15) is 33.6 Å².